The van der Waals surface area contributed by atoms with E-state index < -0.39 is 0 Å². The van der Waals surface area contributed by atoms with Crippen LogP contribution in [0.1, 0.15) is 5.69 Å². The molecule has 1 heterocycles. The lowest BCUT2D eigenvalue weighted by Crippen LogP contribution is -2.20. The number of anilines is 1. The highest BCUT2D eigenvalue weighted by Crippen LogP contribution is 2.20. The van der Waals surface area contributed by atoms with Crippen LogP contribution in [0.5, 0.6) is 5.75 Å². The minimum atomic E-state index is -0.283. The quantitative estimate of drug-likeness (QED) is 0.858. The van der Waals surface area contributed by atoms with Gasteiger partial charge < -0.3 is 15.8 Å². The van der Waals surface area contributed by atoms with Crippen LogP contribution in [0, 0.1) is 0 Å². The number of para-hydroxylation sites is 1. The van der Waals surface area contributed by atoms with E-state index in [2.05, 4.69) is 10.3 Å². The van der Waals surface area contributed by atoms with Gasteiger partial charge in [0.1, 0.15) is 5.75 Å². The fourth-order valence-electron chi connectivity index (χ4n) is 1.69. The SMILES string of the molecule is NCCc1ccc(OCC(=O)Nc2ccccc2Cl)cn1. The number of amides is 1. The Morgan fingerprint density at radius 2 is 2.10 bits per heavy atom. The molecule has 0 unspecified atom stereocenters. The summed E-state index contributed by atoms with van der Waals surface area (Å²) in [6.07, 6.45) is 2.29. The van der Waals surface area contributed by atoms with Gasteiger partial charge in [-0.3, -0.25) is 9.78 Å². The van der Waals surface area contributed by atoms with Crippen molar-refractivity contribution in [1.82, 2.24) is 4.98 Å². The van der Waals surface area contributed by atoms with Gasteiger partial charge in [-0.1, -0.05) is 23.7 Å². The summed E-state index contributed by atoms with van der Waals surface area (Å²) in [5, 5.41) is 3.16. The molecule has 2 aromatic rings. The van der Waals surface area contributed by atoms with Crippen molar-refractivity contribution >= 4 is 23.2 Å². The Bertz CT molecular complexity index is 602. The van der Waals surface area contributed by atoms with E-state index in [1.165, 1.54) is 0 Å². The molecule has 110 valence electrons. The normalized spacial score (nSPS) is 10.2. The Morgan fingerprint density at radius 1 is 1.29 bits per heavy atom. The second-order valence-electron chi connectivity index (χ2n) is 4.34. The number of ether oxygens (including phenoxy) is 1. The van der Waals surface area contributed by atoms with E-state index in [0.29, 0.717) is 29.4 Å². The van der Waals surface area contributed by atoms with Gasteiger partial charge in [-0.25, -0.2) is 0 Å². The summed E-state index contributed by atoms with van der Waals surface area (Å²) in [5.41, 5.74) is 6.90. The van der Waals surface area contributed by atoms with Crippen molar-refractivity contribution in [2.75, 3.05) is 18.5 Å². The summed E-state index contributed by atoms with van der Waals surface area (Å²) in [6.45, 7) is 0.441. The summed E-state index contributed by atoms with van der Waals surface area (Å²) >= 11 is 5.96. The van der Waals surface area contributed by atoms with Gasteiger partial charge in [-0.15, -0.1) is 0 Å². The molecule has 5 nitrogen and oxygen atoms in total. The summed E-state index contributed by atoms with van der Waals surface area (Å²) < 4.78 is 5.36. The summed E-state index contributed by atoms with van der Waals surface area (Å²) in [7, 11) is 0. The van der Waals surface area contributed by atoms with Gasteiger partial charge in [0.15, 0.2) is 6.61 Å². The van der Waals surface area contributed by atoms with Crippen molar-refractivity contribution in [2.24, 2.45) is 5.73 Å². The Labute approximate surface area is 128 Å². The molecule has 0 aliphatic heterocycles. The molecule has 3 N–H and O–H groups in total. The van der Waals surface area contributed by atoms with E-state index in [4.69, 9.17) is 22.1 Å². The largest absolute Gasteiger partial charge is 0.482 e. The molecule has 0 aliphatic carbocycles. The van der Waals surface area contributed by atoms with Crippen LogP contribution in [0.2, 0.25) is 5.02 Å². The lowest BCUT2D eigenvalue weighted by Gasteiger charge is -2.08. The molecular formula is C15H16ClN3O2. The molecule has 0 bridgehead atoms. The molecule has 2 rings (SSSR count). The van der Waals surface area contributed by atoms with E-state index in [-0.39, 0.29) is 12.5 Å². The predicted molar refractivity (Wildman–Crippen MR) is 82.6 cm³/mol. The third kappa shape index (κ3) is 4.73. The molecule has 1 aromatic carbocycles. The summed E-state index contributed by atoms with van der Waals surface area (Å²) in [5.74, 6) is 0.249. The van der Waals surface area contributed by atoms with Gasteiger partial charge in [0, 0.05) is 12.1 Å². The van der Waals surface area contributed by atoms with E-state index in [9.17, 15) is 4.79 Å². The minimum absolute atomic E-state index is 0.108. The van der Waals surface area contributed by atoms with E-state index in [0.717, 1.165) is 5.69 Å². The lowest BCUT2D eigenvalue weighted by atomic mass is 10.3. The van der Waals surface area contributed by atoms with Gasteiger partial charge in [-0.05, 0) is 30.8 Å². The number of hydrogen-bond donors (Lipinski definition) is 2. The zero-order valence-electron chi connectivity index (χ0n) is 11.4. The van der Waals surface area contributed by atoms with Crippen LogP contribution in [0.25, 0.3) is 0 Å². The first kappa shape index (κ1) is 15.3. The molecule has 0 atom stereocenters. The molecule has 0 fully saturated rings. The maximum absolute atomic E-state index is 11.8. The monoisotopic (exact) mass is 305 g/mol. The number of halogens is 1. The topological polar surface area (TPSA) is 77.2 Å². The second kappa shape index (κ2) is 7.61. The second-order valence-corrected chi connectivity index (χ2v) is 4.75. The zero-order chi connectivity index (χ0) is 15.1. The van der Waals surface area contributed by atoms with Gasteiger partial charge in [0.25, 0.3) is 5.91 Å². The first-order valence-corrected chi connectivity index (χ1v) is 6.89. The highest BCUT2D eigenvalue weighted by molar-refractivity contribution is 6.33. The third-order valence-electron chi connectivity index (χ3n) is 2.72. The molecular weight excluding hydrogens is 290 g/mol. The van der Waals surface area contributed by atoms with Crippen LogP contribution in [0.15, 0.2) is 42.6 Å². The number of carbonyl (C=O) groups excluding carboxylic acids is 1. The van der Waals surface area contributed by atoms with Gasteiger partial charge in [0.05, 0.1) is 16.9 Å². The molecule has 6 heteroatoms. The van der Waals surface area contributed by atoms with Gasteiger partial charge >= 0.3 is 0 Å². The first-order chi connectivity index (χ1) is 10.2. The maximum atomic E-state index is 11.8. The Kier molecular flexibility index (Phi) is 5.54. The molecule has 1 amide bonds. The fraction of sp³-hybridized carbons (Fsp3) is 0.200. The number of pyridine rings is 1. The smallest absolute Gasteiger partial charge is 0.262 e. The Morgan fingerprint density at radius 3 is 2.76 bits per heavy atom. The first-order valence-electron chi connectivity index (χ1n) is 6.51. The Balaban J connectivity index is 1.85. The van der Waals surface area contributed by atoms with Crippen LogP contribution >= 0.6 is 11.6 Å². The minimum Gasteiger partial charge on any atom is -0.482 e. The molecule has 0 aliphatic rings. The third-order valence-corrected chi connectivity index (χ3v) is 3.05. The van der Waals surface area contributed by atoms with Crippen molar-refractivity contribution < 1.29 is 9.53 Å². The van der Waals surface area contributed by atoms with Crippen molar-refractivity contribution in [3.8, 4) is 5.75 Å². The molecule has 1 aromatic heterocycles. The Hall–Kier alpha value is -2.11. The van der Waals surface area contributed by atoms with Crippen molar-refractivity contribution in [3.63, 3.8) is 0 Å². The number of nitrogens with two attached hydrogens (primary N) is 1. The number of rotatable bonds is 6. The van der Waals surface area contributed by atoms with Crippen molar-refractivity contribution in [3.05, 3.63) is 53.3 Å². The predicted octanol–water partition coefficient (Wildman–Crippen LogP) is 2.25. The highest BCUT2D eigenvalue weighted by atomic mass is 35.5. The number of aromatic nitrogens is 1. The van der Waals surface area contributed by atoms with Crippen molar-refractivity contribution in [1.29, 1.82) is 0 Å². The molecule has 0 spiro atoms. The number of benzene rings is 1. The van der Waals surface area contributed by atoms with Crippen LogP contribution in [0.4, 0.5) is 5.69 Å². The zero-order valence-corrected chi connectivity index (χ0v) is 12.1. The molecule has 0 saturated carbocycles. The number of nitrogens with one attached hydrogen (secondary N) is 1. The van der Waals surface area contributed by atoms with Crippen LogP contribution < -0.4 is 15.8 Å². The average molecular weight is 306 g/mol. The lowest BCUT2D eigenvalue weighted by molar-refractivity contribution is -0.118. The molecule has 0 saturated heterocycles. The van der Waals surface area contributed by atoms with Gasteiger partial charge in [0.2, 0.25) is 0 Å². The number of hydrogen-bond acceptors (Lipinski definition) is 4. The summed E-state index contributed by atoms with van der Waals surface area (Å²) in [4.78, 5) is 16.0. The maximum Gasteiger partial charge on any atom is 0.262 e. The number of carbonyl (C=O) groups is 1. The highest BCUT2D eigenvalue weighted by Gasteiger charge is 2.06. The van der Waals surface area contributed by atoms with Gasteiger partial charge in [-0.2, -0.15) is 0 Å². The van der Waals surface area contributed by atoms with Crippen LogP contribution in [0.3, 0.4) is 0 Å². The average Bonchev–Trinajstić information content (AvgIpc) is 2.49. The fourth-order valence-corrected chi connectivity index (χ4v) is 1.87. The number of nitrogens with zero attached hydrogens (tertiary/aromatic N) is 1. The van der Waals surface area contributed by atoms with Crippen LogP contribution in [-0.2, 0) is 11.2 Å². The molecule has 21 heavy (non-hydrogen) atoms. The van der Waals surface area contributed by atoms with E-state index in [1.807, 2.05) is 6.07 Å². The summed E-state index contributed by atoms with van der Waals surface area (Å²) in [6, 6.07) is 10.6. The van der Waals surface area contributed by atoms with Crippen molar-refractivity contribution in [2.45, 2.75) is 6.42 Å². The standard InChI is InChI=1S/C15H16ClN3O2/c16-13-3-1-2-4-14(13)19-15(20)10-21-12-6-5-11(7-8-17)18-9-12/h1-6,9H,7-8,10,17H2,(H,19,20). The van der Waals surface area contributed by atoms with E-state index >= 15 is 0 Å². The van der Waals surface area contributed by atoms with E-state index in [1.54, 1.807) is 36.5 Å². The van der Waals surface area contributed by atoms with Crippen LogP contribution in [-0.4, -0.2) is 24.0 Å². The molecule has 0 radical (unpaired) electrons.